The molecular weight excluding hydrogens is 598 g/mol. The molecule has 258 valence electrons. The molecule has 3 aliphatic rings. The van der Waals surface area contributed by atoms with Crippen LogP contribution in [-0.4, -0.2) is 88.2 Å². The lowest BCUT2D eigenvalue weighted by molar-refractivity contribution is -0.154. The number of amides is 3. The molecule has 3 aliphatic heterocycles. The Bertz CT molecular complexity index is 1290. The van der Waals surface area contributed by atoms with Crippen molar-refractivity contribution < 1.29 is 33.8 Å². The van der Waals surface area contributed by atoms with E-state index in [1.807, 2.05) is 51.1 Å². The van der Waals surface area contributed by atoms with E-state index in [2.05, 4.69) is 25.4 Å². The molecule has 1 aromatic rings. The van der Waals surface area contributed by atoms with Crippen LogP contribution in [0.5, 0.6) is 0 Å². The summed E-state index contributed by atoms with van der Waals surface area (Å²) in [5.41, 5.74) is -0.447. The van der Waals surface area contributed by atoms with Crippen LogP contribution in [0, 0.1) is 17.8 Å². The molecule has 1 unspecified atom stereocenters. The second kappa shape index (κ2) is 16.1. The minimum atomic E-state index is -1.20. The molecule has 3 saturated heterocycles. The third-order valence-corrected chi connectivity index (χ3v) is 10.4. The van der Waals surface area contributed by atoms with Gasteiger partial charge >= 0.3 is 5.97 Å². The molecule has 0 saturated carbocycles. The molecule has 2 N–H and O–H groups in total. The van der Waals surface area contributed by atoms with Gasteiger partial charge in [-0.2, -0.15) is 0 Å². The van der Waals surface area contributed by atoms with E-state index in [-0.39, 0.29) is 49.3 Å². The second-order valence-electron chi connectivity index (χ2n) is 13.3. The fourth-order valence-electron chi connectivity index (χ4n) is 7.84. The molecule has 4 rings (SSSR count). The number of allylic oxidation sites excluding steroid dienone is 1. The van der Waals surface area contributed by atoms with Crippen molar-refractivity contribution in [2.24, 2.45) is 17.8 Å². The lowest BCUT2D eigenvalue weighted by Gasteiger charge is -2.42. The van der Waals surface area contributed by atoms with Crippen molar-refractivity contribution in [2.45, 2.75) is 109 Å². The van der Waals surface area contributed by atoms with E-state index >= 15 is 0 Å². The van der Waals surface area contributed by atoms with E-state index in [0.29, 0.717) is 32.2 Å². The molecule has 0 aromatic heterocycles. The van der Waals surface area contributed by atoms with Gasteiger partial charge in [0.15, 0.2) is 0 Å². The van der Waals surface area contributed by atoms with Crippen LogP contribution in [0.15, 0.2) is 55.6 Å². The van der Waals surface area contributed by atoms with Gasteiger partial charge in [-0.05, 0) is 44.1 Å². The summed E-state index contributed by atoms with van der Waals surface area (Å²) in [7, 11) is 0. The van der Waals surface area contributed by atoms with Crippen LogP contribution in [0.1, 0.15) is 84.2 Å². The summed E-state index contributed by atoms with van der Waals surface area (Å²) in [5, 5.41) is 13.7. The predicted octanol–water partition coefficient (Wildman–Crippen LogP) is 4.34. The van der Waals surface area contributed by atoms with Crippen molar-refractivity contribution in [3.8, 4) is 0 Å². The van der Waals surface area contributed by atoms with Crippen molar-refractivity contribution in [2.75, 3.05) is 19.8 Å². The summed E-state index contributed by atoms with van der Waals surface area (Å²) in [6.07, 6.45) is 6.77. The molecule has 10 heteroatoms. The Morgan fingerprint density at radius 3 is 2.53 bits per heavy atom. The van der Waals surface area contributed by atoms with E-state index in [4.69, 9.17) is 9.47 Å². The number of carbonyl (C=O) groups is 4. The minimum Gasteiger partial charge on any atom is -0.463 e. The third kappa shape index (κ3) is 7.18. The molecule has 3 amide bonds. The minimum absolute atomic E-state index is 0.0760. The largest absolute Gasteiger partial charge is 0.463 e. The standard InChI is InChI=1S/C37H53N3O7/c1-7-11-18-30(42)46-23-27(26-16-13-12-14-17-26)38-34(43)31-29-19-20-37(47-29)32(31)35(44)40(28(22-41)24(5)10-4)33(37)36(45)39(21-9-3)25(6)15-8-2/h7,9,12-14,16-17,24-25,27-29,31-33,41H,1,3,8,10-11,15,18-23H2,2,4-6H3,(H,38,43)/t24-,25?,27+,28-,29-,31+,32+,33-,37+/m0/s1. The van der Waals surface area contributed by atoms with Crippen LogP contribution in [-0.2, 0) is 28.7 Å². The average molecular weight is 652 g/mol. The van der Waals surface area contributed by atoms with Crippen molar-refractivity contribution in [1.29, 1.82) is 0 Å². The number of nitrogens with one attached hydrogen (secondary N) is 1. The van der Waals surface area contributed by atoms with E-state index in [9.17, 15) is 24.3 Å². The highest BCUT2D eigenvalue weighted by molar-refractivity contribution is 5.99. The Labute approximate surface area is 279 Å². The summed E-state index contributed by atoms with van der Waals surface area (Å²) >= 11 is 0. The molecule has 0 radical (unpaired) electrons. The summed E-state index contributed by atoms with van der Waals surface area (Å²) in [4.78, 5) is 59.3. The number of aliphatic hydroxyl groups is 1. The second-order valence-corrected chi connectivity index (χ2v) is 13.3. The number of carbonyl (C=O) groups excluding carboxylic acids is 4. The fourth-order valence-corrected chi connectivity index (χ4v) is 7.84. The number of rotatable bonds is 18. The Balaban J connectivity index is 1.70. The monoisotopic (exact) mass is 651 g/mol. The Kier molecular flexibility index (Phi) is 12.4. The number of aliphatic hydroxyl groups excluding tert-OH is 1. The van der Waals surface area contributed by atoms with Crippen molar-refractivity contribution in [3.05, 3.63) is 61.2 Å². The summed E-state index contributed by atoms with van der Waals surface area (Å²) < 4.78 is 12.2. The number of ether oxygens (including phenoxy) is 2. The normalized spacial score (nSPS) is 27.0. The first-order valence-corrected chi connectivity index (χ1v) is 17.2. The van der Waals surface area contributed by atoms with E-state index in [1.54, 1.807) is 22.0 Å². The Hall–Kier alpha value is -3.50. The SMILES string of the molecule is C=CCCC(=O)OC[C@@H](NC(=O)[C@@H]1[C@@H]2CC[C@]3(O2)[C@H](C(=O)N(CC=C)C(C)CCC)N([C@@H](CO)[C@@H](C)CC)C(=O)[C@@H]13)c1ccccc1. The average Bonchev–Trinajstić information content (AvgIpc) is 3.72. The van der Waals surface area contributed by atoms with Crippen LogP contribution in [0.4, 0.5) is 0 Å². The molecular formula is C37H53N3O7. The van der Waals surface area contributed by atoms with Crippen LogP contribution < -0.4 is 5.32 Å². The molecule has 9 atom stereocenters. The van der Waals surface area contributed by atoms with Crippen LogP contribution in [0.25, 0.3) is 0 Å². The molecule has 47 heavy (non-hydrogen) atoms. The molecule has 1 aromatic carbocycles. The zero-order valence-electron chi connectivity index (χ0n) is 28.4. The molecule has 1 spiro atoms. The van der Waals surface area contributed by atoms with Crippen LogP contribution in [0.3, 0.4) is 0 Å². The first-order valence-electron chi connectivity index (χ1n) is 17.2. The number of hydrogen-bond donors (Lipinski definition) is 2. The van der Waals surface area contributed by atoms with Crippen molar-refractivity contribution in [3.63, 3.8) is 0 Å². The first-order chi connectivity index (χ1) is 22.6. The topological polar surface area (TPSA) is 125 Å². The van der Waals surface area contributed by atoms with Crippen molar-refractivity contribution in [1.82, 2.24) is 15.1 Å². The van der Waals surface area contributed by atoms with Crippen LogP contribution in [0.2, 0.25) is 0 Å². The molecule has 2 bridgehead atoms. The smallest absolute Gasteiger partial charge is 0.306 e. The van der Waals surface area contributed by atoms with Gasteiger partial charge in [0.2, 0.25) is 17.7 Å². The maximum Gasteiger partial charge on any atom is 0.306 e. The Morgan fingerprint density at radius 2 is 1.91 bits per heavy atom. The molecule has 10 nitrogen and oxygen atoms in total. The summed E-state index contributed by atoms with van der Waals surface area (Å²) in [6.45, 7) is 15.5. The third-order valence-electron chi connectivity index (χ3n) is 10.4. The van der Waals surface area contributed by atoms with E-state index in [0.717, 1.165) is 18.4 Å². The van der Waals surface area contributed by atoms with Gasteiger partial charge in [-0.1, -0.05) is 76.1 Å². The highest BCUT2D eigenvalue weighted by atomic mass is 16.5. The molecule has 0 aliphatic carbocycles. The number of nitrogens with zero attached hydrogens (tertiary/aromatic N) is 2. The van der Waals surface area contributed by atoms with Gasteiger partial charge in [0.1, 0.15) is 18.2 Å². The van der Waals surface area contributed by atoms with Gasteiger partial charge in [-0.15, -0.1) is 13.2 Å². The van der Waals surface area contributed by atoms with E-state index in [1.165, 1.54) is 0 Å². The molecule has 3 fully saturated rings. The fraction of sp³-hybridized carbons (Fsp3) is 0.622. The highest BCUT2D eigenvalue weighted by Gasteiger charge is 2.75. The lowest BCUT2D eigenvalue weighted by atomic mass is 9.70. The maximum absolute atomic E-state index is 14.7. The van der Waals surface area contributed by atoms with Gasteiger partial charge < -0.3 is 29.7 Å². The highest BCUT2D eigenvalue weighted by Crippen LogP contribution is 2.59. The number of hydrogen-bond acceptors (Lipinski definition) is 7. The number of fused-ring (bicyclic) bond motifs is 1. The quantitative estimate of drug-likeness (QED) is 0.179. The van der Waals surface area contributed by atoms with Gasteiger partial charge in [0, 0.05) is 19.0 Å². The van der Waals surface area contributed by atoms with Crippen molar-refractivity contribution >= 4 is 23.7 Å². The first kappa shape index (κ1) is 36.3. The maximum atomic E-state index is 14.7. The number of likely N-dealkylation sites (tertiary alicyclic amines) is 1. The lowest BCUT2D eigenvalue weighted by Crippen LogP contribution is -2.60. The van der Waals surface area contributed by atoms with Gasteiger partial charge in [-0.3, -0.25) is 19.2 Å². The van der Waals surface area contributed by atoms with Crippen LogP contribution >= 0.6 is 0 Å². The zero-order chi connectivity index (χ0) is 34.3. The van der Waals surface area contributed by atoms with Gasteiger partial charge in [0.25, 0.3) is 0 Å². The van der Waals surface area contributed by atoms with Gasteiger partial charge in [-0.25, -0.2) is 0 Å². The molecule has 3 heterocycles. The zero-order valence-corrected chi connectivity index (χ0v) is 28.4. The predicted molar refractivity (Wildman–Crippen MR) is 179 cm³/mol. The van der Waals surface area contributed by atoms with E-state index < -0.39 is 47.6 Å². The number of esters is 1. The summed E-state index contributed by atoms with van der Waals surface area (Å²) in [6, 6.07) is 6.89. The number of benzene rings is 1. The van der Waals surface area contributed by atoms with Gasteiger partial charge in [0.05, 0.1) is 36.6 Å². The summed E-state index contributed by atoms with van der Waals surface area (Å²) in [5.74, 6) is -3.20. The Morgan fingerprint density at radius 1 is 1.19 bits per heavy atom.